The van der Waals surface area contributed by atoms with Gasteiger partial charge in [-0.1, -0.05) is 6.07 Å². The van der Waals surface area contributed by atoms with Gasteiger partial charge in [0.25, 0.3) is 0 Å². The number of carbonyl (C=O) groups excluding carboxylic acids is 1. The Morgan fingerprint density at radius 1 is 1.65 bits per heavy atom. The summed E-state index contributed by atoms with van der Waals surface area (Å²) >= 11 is 0. The van der Waals surface area contributed by atoms with Crippen LogP contribution in [0.3, 0.4) is 0 Å². The van der Waals surface area contributed by atoms with Crippen LogP contribution < -0.4 is 5.32 Å². The smallest absolute Gasteiger partial charge is 0.242 e. The summed E-state index contributed by atoms with van der Waals surface area (Å²) < 4.78 is 5.28. The van der Waals surface area contributed by atoms with E-state index < -0.39 is 0 Å². The second-order valence-electron chi connectivity index (χ2n) is 4.10. The molecule has 92 valence electrons. The van der Waals surface area contributed by atoms with Crippen LogP contribution >= 0.6 is 0 Å². The van der Waals surface area contributed by atoms with E-state index in [1.165, 1.54) is 0 Å². The van der Waals surface area contributed by atoms with Crippen LogP contribution in [0.2, 0.25) is 0 Å². The number of ether oxygens (including phenoxy) is 1. The molecule has 0 bridgehead atoms. The van der Waals surface area contributed by atoms with Crippen molar-refractivity contribution in [2.75, 3.05) is 26.8 Å². The molecule has 1 fully saturated rings. The molecule has 1 saturated heterocycles. The van der Waals surface area contributed by atoms with Crippen LogP contribution in [0.4, 0.5) is 0 Å². The van der Waals surface area contributed by atoms with Gasteiger partial charge in [0.1, 0.15) is 6.04 Å². The quantitative estimate of drug-likeness (QED) is 0.803. The Labute approximate surface area is 101 Å². The molecule has 1 amide bonds. The van der Waals surface area contributed by atoms with Crippen LogP contribution in [-0.2, 0) is 16.1 Å². The van der Waals surface area contributed by atoms with Crippen molar-refractivity contribution < 1.29 is 9.53 Å². The third-order valence-corrected chi connectivity index (χ3v) is 2.72. The first kappa shape index (κ1) is 12.0. The molecule has 1 atom stereocenters. The Morgan fingerprint density at radius 3 is 3.18 bits per heavy atom. The van der Waals surface area contributed by atoms with E-state index >= 15 is 0 Å². The van der Waals surface area contributed by atoms with E-state index in [1.54, 1.807) is 18.1 Å². The number of nitrogens with zero attached hydrogens (tertiary/aromatic N) is 2. The number of morpholine rings is 1. The number of nitrogens with one attached hydrogen (secondary N) is 1. The van der Waals surface area contributed by atoms with Crippen molar-refractivity contribution >= 4 is 5.91 Å². The fourth-order valence-electron chi connectivity index (χ4n) is 1.80. The minimum atomic E-state index is -0.225. The van der Waals surface area contributed by atoms with Crippen LogP contribution in [-0.4, -0.2) is 48.6 Å². The van der Waals surface area contributed by atoms with Gasteiger partial charge in [-0.05, 0) is 12.1 Å². The van der Waals surface area contributed by atoms with E-state index in [9.17, 15) is 4.79 Å². The van der Waals surface area contributed by atoms with Crippen LogP contribution in [0.25, 0.3) is 0 Å². The fourth-order valence-corrected chi connectivity index (χ4v) is 1.80. The third kappa shape index (κ3) is 3.25. The minimum absolute atomic E-state index is 0.0513. The van der Waals surface area contributed by atoms with Gasteiger partial charge >= 0.3 is 0 Å². The Bertz CT molecular complexity index is 363. The Hall–Kier alpha value is -1.46. The van der Waals surface area contributed by atoms with Crippen LogP contribution in [0.1, 0.15) is 5.69 Å². The average molecular weight is 235 g/mol. The molecular formula is C12H17N3O2. The Balaban J connectivity index is 1.90. The number of hydrogen-bond donors (Lipinski definition) is 1. The number of rotatable bonds is 3. The molecule has 1 aliphatic rings. The molecule has 5 heteroatoms. The first-order valence-corrected chi connectivity index (χ1v) is 5.73. The number of aromatic nitrogens is 1. The fraction of sp³-hybridized carbons (Fsp3) is 0.500. The first-order valence-electron chi connectivity index (χ1n) is 5.73. The van der Waals surface area contributed by atoms with Crippen LogP contribution in [0.5, 0.6) is 0 Å². The van der Waals surface area contributed by atoms with Crippen LogP contribution in [0, 0.1) is 0 Å². The van der Waals surface area contributed by atoms with Gasteiger partial charge in [-0.2, -0.15) is 0 Å². The van der Waals surface area contributed by atoms with Crippen molar-refractivity contribution in [3.63, 3.8) is 0 Å². The molecule has 0 aliphatic carbocycles. The second kappa shape index (κ2) is 5.75. The van der Waals surface area contributed by atoms with Gasteiger partial charge in [0.15, 0.2) is 0 Å². The minimum Gasteiger partial charge on any atom is -0.378 e. The van der Waals surface area contributed by atoms with E-state index in [0.29, 0.717) is 19.8 Å². The molecule has 1 aromatic heterocycles. The topological polar surface area (TPSA) is 54.5 Å². The van der Waals surface area contributed by atoms with E-state index in [4.69, 9.17) is 4.74 Å². The van der Waals surface area contributed by atoms with Gasteiger partial charge in [0, 0.05) is 19.8 Å². The highest BCUT2D eigenvalue weighted by molar-refractivity contribution is 5.81. The third-order valence-electron chi connectivity index (χ3n) is 2.72. The number of carbonyl (C=O) groups is 1. The molecule has 1 aliphatic heterocycles. The Kier molecular flexibility index (Phi) is 4.06. The molecular weight excluding hydrogens is 218 g/mol. The first-order chi connectivity index (χ1) is 8.27. The molecule has 1 aromatic rings. The average Bonchev–Trinajstić information content (AvgIpc) is 2.40. The summed E-state index contributed by atoms with van der Waals surface area (Å²) in [5.74, 6) is 0.0513. The molecule has 0 aromatic carbocycles. The lowest BCUT2D eigenvalue weighted by molar-refractivity contribution is -0.135. The maximum atomic E-state index is 12.1. The largest absolute Gasteiger partial charge is 0.378 e. The highest BCUT2D eigenvalue weighted by Gasteiger charge is 2.24. The van der Waals surface area contributed by atoms with Crippen molar-refractivity contribution in [3.8, 4) is 0 Å². The molecule has 0 saturated carbocycles. The lowest BCUT2D eigenvalue weighted by atomic mass is 10.2. The van der Waals surface area contributed by atoms with Gasteiger partial charge in [-0.25, -0.2) is 0 Å². The summed E-state index contributed by atoms with van der Waals surface area (Å²) in [5.41, 5.74) is 0.889. The van der Waals surface area contributed by atoms with Gasteiger partial charge in [-0.3, -0.25) is 9.78 Å². The maximum Gasteiger partial charge on any atom is 0.242 e. The zero-order valence-corrected chi connectivity index (χ0v) is 9.93. The number of pyridine rings is 1. The van der Waals surface area contributed by atoms with Gasteiger partial charge in [0.05, 0.1) is 25.5 Å². The summed E-state index contributed by atoms with van der Waals surface area (Å²) in [6, 6.07) is 5.47. The standard InChI is InChI=1S/C12H17N3O2/c1-15(8-10-4-2-3-5-13-10)12(16)11-9-17-7-6-14-11/h2-5,11,14H,6-9H2,1H3. The second-order valence-corrected chi connectivity index (χ2v) is 4.10. The van der Waals surface area contributed by atoms with Gasteiger partial charge in [-0.15, -0.1) is 0 Å². The monoisotopic (exact) mass is 235 g/mol. The molecule has 17 heavy (non-hydrogen) atoms. The summed E-state index contributed by atoms with van der Waals surface area (Å²) in [5, 5.41) is 3.15. The zero-order chi connectivity index (χ0) is 12.1. The Morgan fingerprint density at radius 2 is 2.53 bits per heavy atom. The lowest BCUT2D eigenvalue weighted by Crippen LogP contribution is -2.51. The highest BCUT2D eigenvalue weighted by atomic mass is 16.5. The van der Waals surface area contributed by atoms with Gasteiger partial charge < -0.3 is 15.0 Å². The van der Waals surface area contributed by atoms with Crippen molar-refractivity contribution in [3.05, 3.63) is 30.1 Å². The number of hydrogen-bond acceptors (Lipinski definition) is 4. The molecule has 5 nitrogen and oxygen atoms in total. The van der Waals surface area contributed by atoms with E-state index in [2.05, 4.69) is 10.3 Å². The molecule has 1 unspecified atom stereocenters. The molecule has 2 rings (SSSR count). The molecule has 0 radical (unpaired) electrons. The van der Waals surface area contributed by atoms with Crippen molar-refractivity contribution in [2.45, 2.75) is 12.6 Å². The highest BCUT2D eigenvalue weighted by Crippen LogP contribution is 2.03. The zero-order valence-electron chi connectivity index (χ0n) is 9.93. The SMILES string of the molecule is CN(Cc1ccccn1)C(=O)C1COCCN1. The number of likely N-dealkylation sites (N-methyl/N-ethyl adjacent to an activating group) is 1. The van der Waals surface area contributed by atoms with E-state index in [0.717, 1.165) is 12.2 Å². The van der Waals surface area contributed by atoms with E-state index in [-0.39, 0.29) is 11.9 Å². The summed E-state index contributed by atoms with van der Waals surface area (Å²) in [7, 11) is 1.79. The summed E-state index contributed by atoms with van der Waals surface area (Å²) in [6.45, 7) is 2.38. The summed E-state index contributed by atoms with van der Waals surface area (Å²) in [6.07, 6.45) is 1.73. The van der Waals surface area contributed by atoms with Crippen molar-refractivity contribution in [1.82, 2.24) is 15.2 Å². The molecule has 1 N–H and O–H groups in total. The van der Waals surface area contributed by atoms with E-state index in [1.807, 2.05) is 18.2 Å². The molecule has 0 spiro atoms. The van der Waals surface area contributed by atoms with Crippen molar-refractivity contribution in [2.24, 2.45) is 0 Å². The van der Waals surface area contributed by atoms with Crippen LogP contribution in [0.15, 0.2) is 24.4 Å². The molecule has 2 heterocycles. The normalized spacial score (nSPS) is 19.9. The van der Waals surface area contributed by atoms with Gasteiger partial charge in [0.2, 0.25) is 5.91 Å². The summed E-state index contributed by atoms with van der Waals surface area (Å²) in [4.78, 5) is 17.9. The predicted octanol–water partition coefficient (Wildman–Crippen LogP) is 0.0284. The number of amides is 1. The lowest BCUT2D eigenvalue weighted by Gasteiger charge is -2.27. The predicted molar refractivity (Wildman–Crippen MR) is 63.3 cm³/mol. The maximum absolute atomic E-state index is 12.1. The van der Waals surface area contributed by atoms with Crippen molar-refractivity contribution in [1.29, 1.82) is 0 Å².